The number of hydrogen-bond donors (Lipinski definition) is 1. The first-order chi connectivity index (χ1) is 9.75. The minimum Gasteiger partial charge on any atom is -0.369 e. The zero-order chi connectivity index (χ0) is 13.7. The van der Waals surface area contributed by atoms with Crippen molar-refractivity contribution in [2.45, 2.75) is 37.8 Å². The van der Waals surface area contributed by atoms with Crippen molar-refractivity contribution in [1.82, 2.24) is 14.5 Å². The monoisotopic (exact) mass is 274 g/mol. The first-order valence-corrected chi connectivity index (χ1v) is 7.41. The smallest absolute Gasteiger partial charge is 0.201 e. The number of halogens is 1. The number of benzene rings is 1. The van der Waals surface area contributed by atoms with Crippen LogP contribution in [0, 0.1) is 5.82 Å². The number of fused-ring (bicyclic) bond motifs is 2. The highest BCUT2D eigenvalue weighted by Gasteiger charge is 2.38. The van der Waals surface area contributed by atoms with Crippen LogP contribution in [-0.4, -0.2) is 33.6 Å². The maximum absolute atomic E-state index is 13.9. The summed E-state index contributed by atoms with van der Waals surface area (Å²) in [5, 5.41) is 0. The normalized spacial score (nSPS) is 27.1. The van der Waals surface area contributed by atoms with Crippen LogP contribution in [0.15, 0.2) is 18.2 Å². The van der Waals surface area contributed by atoms with Gasteiger partial charge in [-0.2, -0.15) is 0 Å². The number of aromatic nitrogens is 2. The largest absolute Gasteiger partial charge is 0.369 e. The van der Waals surface area contributed by atoms with Gasteiger partial charge in [-0.3, -0.25) is 4.90 Å². The summed E-state index contributed by atoms with van der Waals surface area (Å²) < 4.78 is 15.9. The van der Waals surface area contributed by atoms with Crippen LogP contribution in [0.2, 0.25) is 0 Å². The molecule has 1 aromatic heterocycles. The molecular weight excluding hydrogens is 255 g/mol. The number of nitrogens with zero attached hydrogens (tertiary/aromatic N) is 3. The van der Waals surface area contributed by atoms with Crippen molar-refractivity contribution in [2.24, 2.45) is 0 Å². The molecule has 0 spiro atoms. The Kier molecular flexibility index (Phi) is 2.70. The van der Waals surface area contributed by atoms with Gasteiger partial charge in [0.25, 0.3) is 0 Å². The minimum atomic E-state index is -0.286. The molecule has 106 valence electrons. The van der Waals surface area contributed by atoms with Gasteiger partial charge in [0.2, 0.25) is 5.95 Å². The third-order valence-corrected chi connectivity index (χ3v) is 4.85. The molecule has 1 aromatic carbocycles. The van der Waals surface area contributed by atoms with Crippen molar-refractivity contribution < 1.29 is 4.39 Å². The highest BCUT2D eigenvalue weighted by molar-refractivity contribution is 5.79. The number of imidazole rings is 1. The molecule has 20 heavy (non-hydrogen) atoms. The molecule has 2 atom stereocenters. The van der Waals surface area contributed by atoms with E-state index in [4.69, 9.17) is 5.73 Å². The van der Waals surface area contributed by atoms with Gasteiger partial charge in [0.15, 0.2) is 5.82 Å². The molecule has 0 bridgehead atoms. The minimum absolute atomic E-state index is 0.286. The van der Waals surface area contributed by atoms with Crippen molar-refractivity contribution in [3.63, 3.8) is 0 Å². The van der Waals surface area contributed by atoms with Crippen LogP contribution >= 0.6 is 0 Å². The predicted octanol–water partition coefficient (Wildman–Crippen LogP) is 2.56. The third kappa shape index (κ3) is 1.66. The molecule has 2 unspecified atom stereocenters. The number of nitrogen functional groups attached to an aromatic ring is 1. The van der Waals surface area contributed by atoms with Gasteiger partial charge in [-0.25, -0.2) is 9.37 Å². The van der Waals surface area contributed by atoms with Crippen molar-refractivity contribution in [2.75, 3.05) is 18.8 Å². The summed E-state index contributed by atoms with van der Waals surface area (Å²) >= 11 is 0. The Morgan fingerprint density at radius 2 is 2.05 bits per heavy atom. The van der Waals surface area contributed by atoms with E-state index in [-0.39, 0.29) is 5.82 Å². The van der Waals surface area contributed by atoms with Gasteiger partial charge in [0, 0.05) is 12.6 Å². The van der Waals surface area contributed by atoms with Crippen LogP contribution in [0.1, 0.15) is 31.7 Å². The van der Waals surface area contributed by atoms with Crippen molar-refractivity contribution >= 4 is 17.0 Å². The predicted molar refractivity (Wildman–Crippen MR) is 77.0 cm³/mol. The van der Waals surface area contributed by atoms with Gasteiger partial charge in [-0.1, -0.05) is 12.5 Å². The van der Waals surface area contributed by atoms with Crippen LogP contribution in [0.25, 0.3) is 11.0 Å². The SMILES string of the molecule is Nc1nc2c(F)cccc2n1C1CCN2CCCCC12. The van der Waals surface area contributed by atoms with E-state index in [0.29, 0.717) is 23.5 Å². The first kappa shape index (κ1) is 12.1. The quantitative estimate of drug-likeness (QED) is 0.869. The molecule has 0 aliphatic carbocycles. The van der Waals surface area contributed by atoms with E-state index in [0.717, 1.165) is 18.5 Å². The van der Waals surface area contributed by atoms with Crippen LogP contribution in [0.3, 0.4) is 0 Å². The van der Waals surface area contributed by atoms with Crippen LogP contribution in [0.4, 0.5) is 10.3 Å². The fourth-order valence-corrected chi connectivity index (χ4v) is 3.97. The van der Waals surface area contributed by atoms with E-state index < -0.39 is 0 Å². The second kappa shape index (κ2) is 4.45. The third-order valence-electron chi connectivity index (χ3n) is 4.85. The fraction of sp³-hybridized carbons (Fsp3) is 0.533. The molecule has 2 saturated heterocycles. The second-order valence-electron chi connectivity index (χ2n) is 5.90. The highest BCUT2D eigenvalue weighted by Crippen LogP contribution is 2.38. The molecule has 2 fully saturated rings. The summed E-state index contributed by atoms with van der Waals surface area (Å²) in [5.74, 6) is 0.161. The van der Waals surface area contributed by atoms with E-state index in [1.54, 1.807) is 6.07 Å². The van der Waals surface area contributed by atoms with Crippen molar-refractivity contribution in [3.05, 3.63) is 24.0 Å². The van der Waals surface area contributed by atoms with E-state index in [1.165, 1.54) is 31.9 Å². The summed E-state index contributed by atoms with van der Waals surface area (Å²) in [6, 6.07) is 5.98. The number of rotatable bonds is 1. The summed E-state index contributed by atoms with van der Waals surface area (Å²) in [6.07, 6.45) is 4.85. The standard InChI is InChI=1S/C15H19FN4/c16-10-4-3-6-13-14(10)18-15(17)20(13)12-7-9-19-8-2-1-5-11(12)19/h3-4,6,11-12H,1-2,5,7-9H2,(H2,17,18). The second-order valence-corrected chi connectivity index (χ2v) is 5.90. The Morgan fingerprint density at radius 3 is 2.95 bits per heavy atom. The van der Waals surface area contributed by atoms with Crippen LogP contribution in [-0.2, 0) is 0 Å². The fourth-order valence-electron chi connectivity index (χ4n) is 3.97. The van der Waals surface area contributed by atoms with E-state index in [2.05, 4.69) is 14.5 Å². The van der Waals surface area contributed by atoms with Gasteiger partial charge in [-0.15, -0.1) is 0 Å². The molecule has 0 amide bonds. The maximum Gasteiger partial charge on any atom is 0.201 e. The van der Waals surface area contributed by atoms with Gasteiger partial charge in [0.05, 0.1) is 11.6 Å². The Balaban J connectivity index is 1.82. The van der Waals surface area contributed by atoms with Gasteiger partial charge < -0.3 is 10.3 Å². The lowest BCUT2D eigenvalue weighted by atomic mass is 9.99. The average Bonchev–Trinajstić information content (AvgIpc) is 3.00. The molecule has 2 aliphatic heterocycles. The molecule has 3 heterocycles. The lowest BCUT2D eigenvalue weighted by molar-refractivity contribution is 0.175. The highest BCUT2D eigenvalue weighted by atomic mass is 19.1. The number of hydrogen-bond acceptors (Lipinski definition) is 3. The number of anilines is 1. The topological polar surface area (TPSA) is 47.1 Å². The summed E-state index contributed by atoms with van der Waals surface area (Å²) in [6.45, 7) is 2.30. The molecule has 5 heteroatoms. The number of nitrogens with two attached hydrogens (primary N) is 1. The summed E-state index contributed by atoms with van der Waals surface area (Å²) in [7, 11) is 0. The average molecular weight is 274 g/mol. The van der Waals surface area contributed by atoms with Crippen LogP contribution < -0.4 is 5.73 Å². The van der Waals surface area contributed by atoms with Crippen molar-refractivity contribution in [3.8, 4) is 0 Å². The maximum atomic E-state index is 13.9. The molecule has 2 aliphatic rings. The van der Waals surface area contributed by atoms with E-state index >= 15 is 0 Å². The van der Waals surface area contributed by atoms with E-state index in [9.17, 15) is 4.39 Å². The molecule has 4 nitrogen and oxygen atoms in total. The van der Waals surface area contributed by atoms with Crippen LogP contribution in [0.5, 0.6) is 0 Å². The van der Waals surface area contributed by atoms with Gasteiger partial charge in [-0.05, 0) is 37.9 Å². The zero-order valence-corrected chi connectivity index (χ0v) is 11.4. The zero-order valence-electron chi connectivity index (χ0n) is 11.4. The number of piperidine rings is 1. The summed E-state index contributed by atoms with van der Waals surface area (Å²) in [5.41, 5.74) is 7.33. The first-order valence-electron chi connectivity index (χ1n) is 7.41. The van der Waals surface area contributed by atoms with Gasteiger partial charge >= 0.3 is 0 Å². The Labute approximate surface area is 117 Å². The molecule has 2 aromatic rings. The number of para-hydroxylation sites is 1. The lowest BCUT2D eigenvalue weighted by Crippen LogP contribution is -2.37. The molecule has 0 radical (unpaired) electrons. The Morgan fingerprint density at radius 1 is 1.15 bits per heavy atom. The molecule has 4 rings (SSSR count). The van der Waals surface area contributed by atoms with E-state index in [1.807, 2.05) is 6.07 Å². The summed E-state index contributed by atoms with van der Waals surface area (Å²) in [4.78, 5) is 6.80. The molecule has 2 N–H and O–H groups in total. The molecular formula is C15H19FN4. The molecule has 0 saturated carbocycles. The lowest BCUT2D eigenvalue weighted by Gasteiger charge is -2.33. The Bertz CT molecular complexity index is 651. The van der Waals surface area contributed by atoms with Gasteiger partial charge in [0.1, 0.15) is 5.52 Å². The van der Waals surface area contributed by atoms with Crippen molar-refractivity contribution in [1.29, 1.82) is 0 Å². The Hall–Kier alpha value is -1.62.